The number of rotatable bonds is 5. The number of halogens is 1. The lowest BCUT2D eigenvalue weighted by atomic mass is 9.96. The summed E-state index contributed by atoms with van der Waals surface area (Å²) >= 11 is 0. The molecule has 3 N–H and O–H groups in total. The molecular formula is C18H25FN6. The van der Waals surface area contributed by atoms with Crippen LogP contribution in [0.15, 0.2) is 6.20 Å². The second-order valence-corrected chi connectivity index (χ2v) is 7.35. The second kappa shape index (κ2) is 6.61. The average Bonchev–Trinajstić information content (AvgIpc) is 3.37. The van der Waals surface area contributed by atoms with Crippen LogP contribution in [0, 0.1) is 11.7 Å². The van der Waals surface area contributed by atoms with Gasteiger partial charge in [0.2, 0.25) is 5.95 Å². The van der Waals surface area contributed by atoms with Crippen molar-refractivity contribution < 1.29 is 4.39 Å². The van der Waals surface area contributed by atoms with Crippen LogP contribution in [0.25, 0.3) is 11.3 Å². The Hall–Kier alpha value is -2.18. The van der Waals surface area contributed by atoms with E-state index < -0.39 is 5.82 Å². The van der Waals surface area contributed by atoms with Crippen molar-refractivity contribution in [2.45, 2.75) is 57.4 Å². The van der Waals surface area contributed by atoms with E-state index in [1.54, 1.807) is 4.68 Å². The van der Waals surface area contributed by atoms with Gasteiger partial charge in [-0.25, -0.2) is 14.4 Å². The van der Waals surface area contributed by atoms with E-state index in [2.05, 4.69) is 20.4 Å². The minimum absolute atomic E-state index is 0.259. The van der Waals surface area contributed by atoms with Gasteiger partial charge in [-0.15, -0.1) is 0 Å². The van der Waals surface area contributed by atoms with Crippen molar-refractivity contribution in [1.82, 2.24) is 19.7 Å². The Morgan fingerprint density at radius 3 is 2.72 bits per heavy atom. The van der Waals surface area contributed by atoms with Crippen molar-refractivity contribution in [3.05, 3.63) is 17.7 Å². The zero-order valence-corrected chi connectivity index (χ0v) is 14.6. The minimum Gasteiger partial charge on any atom is -0.382 e. The Kier molecular flexibility index (Phi) is 4.31. The van der Waals surface area contributed by atoms with Gasteiger partial charge in [0.25, 0.3) is 0 Å². The fourth-order valence-electron chi connectivity index (χ4n) is 3.71. The number of anilines is 2. The average molecular weight is 344 g/mol. The molecule has 0 atom stereocenters. The van der Waals surface area contributed by atoms with E-state index in [4.69, 9.17) is 5.73 Å². The zero-order valence-electron chi connectivity index (χ0n) is 14.6. The summed E-state index contributed by atoms with van der Waals surface area (Å²) in [7, 11) is 1.86. The lowest BCUT2D eigenvalue weighted by Crippen LogP contribution is -2.23. The van der Waals surface area contributed by atoms with E-state index in [-0.39, 0.29) is 5.69 Å². The van der Waals surface area contributed by atoms with Gasteiger partial charge in [0.15, 0.2) is 11.6 Å². The topological polar surface area (TPSA) is 81.7 Å². The highest BCUT2D eigenvalue weighted by molar-refractivity contribution is 5.74. The van der Waals surface area contributed by atoms with Crippen LogP contribution in [-0.2, 0) is 13.5 Å². The summed E-state index contributed by atoms with van der Waals surface area (Å²) in [6, 6.07) is 0.365. The third kappa shape index (κ3) is 3.45. The van der Waals surface area contributed by atoms with E-state index in [1.165, 1.54) is 38.3 Å². The van der Waals surface area contributed by atoms with Crippen LogP contribution >= 0.6 is 0 Å². The lowest BCUT2D eigenvalue weighted by molar-refractivity contribution is 0.460. The summed E-state index contributed by atoms with van der Waals surface area (Å²) in [4.78, 5) is 8.60. The quantitative estimate of drug-likeness (QED) is 0.870. The van der Waals surface area contributed by atoms with Gasteiger partial charge in [-0.3, -0.25) is 4.68 Å². The molecule has 4 rings (SSSR count). The molecule has 0 aromatic carbocycles. The van der Waals surface area contributed by atoms with Crippen LogP contribution in [0.3, 0.4) is 0 Å². The number of hydrogen-bond acceptors (Lipinski definition) is 5. The number of aryl methyl sites for hydroxylation is 1. The smallest absolute Gasteiger partial charge is 0.223 e. The van der Waals surface area contributed by atoms with E-state index in [1.807, 2.05) is 7.05 Å². The predicted octanol–water partition coefficient (Wildman–Crippen LogP) is 3.30. The van der Waals surface area contributed by atoms with Crippen LogP contribution in [0.2, 0.25) is 0 Å². The van der Waals surface area contributed by atoms with Gasteiger partial charge in [-0.2, -0.15) is 5.10 Å². The van der Waals surface area contributed by atoms with Gasteiger partial charge in [-0.05, 0) is 38.0 Å². The van der Waals surface area contributed by atoms with Gasteiger partial charge < -0.3 is 11.1 Å². The standard InChI is InChI=1S/C18H25FN6/c1-25-14(9-11-7-8-11)15(17(20)24-25)16-13(19)10-21-18(23-16)22-12-5-3-2-4-6-12/h10-12H,2-9H2,1H3,(H2,20,24)(H,21,22,23). The lowest BCUT2D eigenvalue weighted by Gasteiger charge is -2.22. The molecule has 2 aliphatic carbocycles. The first-order chi connectivity index (χ1) is 12.1. The molecule has 2 saturated carbocycles. The maximum absolute atomic E-state index is 14.5. The molecule has 6 nitrogen and oxygen atoms in total. The Balaban J connectivity index is 1.66. The fourth-order valence-corrected chi connectivity index (χ4v) is 3.71. The van der Waals surface area contributed by atoms with Crippen LogP contribution in [0.1, 0.15) is 50.6 Å². The molecule has 0 amide bonds. The molecular weight excluding hydrogens is 319 g/mol. The molecule has 7 heteroatoms. The Bertz CT molecular complexity index is 761. The van der Waals surface area contributed by atoms with E-state index >= 15 is 0 Å². The Morgan fingerprint density at radius 1 is 1.24 bits per heavy atom. The van der Waals surface area contributed by atoms with Crippen molar-refractivity contribution in [3.63, 3.8) is 0 Å². The third-order valence-electron chi connectivity index (χ3n) is 5.29. The molecule has 2 aliphatic rings. The Labute approximate surface area is 147 Å². The third-order valence-corrected chi connectivity index (χ3v) is 5.29. The zero-order chi connectivity index (χ0) is 17.4. The van der Waals surface area contributed by atoms with Gasteiger partial charge in [0.05, 0.1) is 17.5 Å². The molecule has 0 bridgehead atoms. The molecule has 0 radical (unpaired) electrons. The molecule has 2 fully saturated rings. The highest BCUT2D eigenvalue weighted by Gasteiger charge is 2.28. The van der Waals surface area contributed by atoms with Crippen molar-refractivity contribution in [1.29, 1.82) is 0 Å². The first kappa shape index (κ1) is 16.3. The highest BCUT2D eigenvalue weighted by atomic mass is 19.1. The maximum atomic E-state index is 14.5. The molecule has 2 aromatic heterocycles. The van der Waals surface area contributed by atoms with Gasteiger partial charge >= 0.3 is 0 Å². The van der Waals surface area contributed by atoms with Gasteiger partial charge in [0.1, 0.15) is 5.69 Å². The van der Waals surface area contributed by atoms with E-state index in [9.17, 15) is 4.39 Å². The predicted molar refractivity (Wildman–Crippen MR) is 95.5 cm³/mol. The van der Waals surface area contributed by atoms with E-state index in [0.29, 0.717) is 29.3 Å². The molecule has 25 heavy (non-hydrogen) atoms. The summed E-state index contributed by atoms with van der Waals surface area (Å²) in [5.41, 5.74) is 7.94. The first-order valence-corrected chi connectivity index (χ1v) is 9.22. The SMILES string of the molecule is Cn1nc(N)c(-c2nc(NC3CCCCC3)ncc2F)c1CC1CC1. The van der Waals surface area contributed by atoms with Crippen LogP contribution in [-0.4, -0.2) is 25.8 Å². The Morgan fingerprint density at radius 2 is 2.00 bits per heavy atom. The number of nitrogens with zero attached hydrogens (tertiary/aromatic N) is 4. The number of nitrogens with two attached hydrogens (primary N) is 1. The summed E-state index contributed by atoms with van der Waals surface area (Å²) in [5.74, 6) is 1.01. The molecule has 2 heterocycles. The molecule has 134 valence electrons. The number of nitrogens with one attached hydrogen (secondary N) is 1. The summed E-state index contributed by atoms with van der Waals surface area (Å²) in [6.45, 7) is 0. The van der Waals surface area contributed by atoms with Crippen molar-refractivity contribution >= 4 is 11.8 Å². The largest absolute Gasteiger partial charge is 0.382 e. The van der Waals surface area contributed by atoms with E-state index in [0.717, 1.165) is 25.0 Å². The molecule has 0 spiro atoms. The van der Waals surface area contributed by atoms with Crippen LogP contribution < -0.4 is 11.1 Å². The van der Waals surface area contributed by atoms with Crippen molar-refractivity contribution in [2.75, 3.05) is 11.1 Å². The molecule has 2 aromatic rings. The van der Waals surface area contributed by atoms with Gasteiger partial charge in [-0.1, -0.05) is 19.3 Å². The van der Waals surface area contributed by atoms with Crippen molar-refractivity contribution in [2.24, 2.45) is 13.0 Å². The molecule has 0 aliphatic heterocycles. The summed E-state index contributed by atoms with van der Waals surface area (Å²) in [5, 5.41) is 7.66. The summed E-state index contributed by atoms with van der Waals surface area (Å²) in [6.07, 6.45) is 10.5. The molecule has 0 saturated heterocycles. The monoisotopic (exact) mass is 344 g/mol. The first-order valence-electron chi connectivity index (χ1n) is 9.22. The number of hydrogen-bond donors (Lipinski definition) is 2. The second-order valence-electron chi connectivity index (χ2n) is 7.35. The van der Waals surface area contributed by atoms with Crippen LogP contribution in [0.5, 0.6) is 0 Å². The van der Waals surface area contributed by atoms with Gasteiger partial charge in [0, 0.05) is 13.1 Å². The maximum Gasteiger partial charge on any atom is 0.223 e. The van der Waals surface area contributed by atoms with Crippen LogP contribution in [0.4, 0.5) is 16.2 Å². The minimum atomic E-state index is -0.453. The summed E-state index contributed by atoms with van der Waals surface area (Å²) < 4.78 is 16.3. The fraction of sp³-hybridized carbons (Fsp3) is 0.611. The van der Waals surface area contributed by atoms with Crippen molar-refractivity contribution in [3.8, 4) is 11.3 Å². The normalized spacial score (nSPS) is 18.5. The molecule has 0 unspecified atom stereocenters. The number of nitrogen functional groups attached to an aromatic ring is 1. The number of aromatic nitrogens is 4. The highest BCUT2D eigenvalue weighted by Crippen LogP contribution is 2.38.